The van der Waals surface area contributed by atoms with E-state index in [0.717, 1.165) is 6.07 Å². The largest absolute Gasteiger partial charge is 0.417 e. The van der Waals surface area contributed by atoms with Gasteiger partial charge in [0.05, 0.1) is 5.56 Å². The van der Waals surface area contributed by atoms with Crippen LogP contribution in [0.4, 0.5) is 13.2 Å². The first-order chi connectivity index (χ1) is 6.55. The van der Waals surface area contributed by atoms with Crippen LogP contribution in [0.1, 0.15) is 11.1 Å². The van der Waals surface area contributed by atoms with Gasteiger partial charge in [-0.2, -0.15) is 13.2 Å². The predicted octanol–water partition coefficient (Wildman–Crippen LogP) is 2.56. The summed E-state index contributed by atoms with van der Waals surface area (Å²) in [5, 5.41) is 3.17. The van der Waals surface area contributed by atoms with Gasteiger partial charge in [0.2, 0.25) is 0 Å². The molecule has 75 valence electrons. The van der Waals surface area contributed by atoms with Crippen molar-refractivity contribution in [2.75, 3.05) is 7.11 Å². The first-order valence-corrected chi connectivity index (χ1v) is 3.71. The van der Waals surface area contributed by atoms with Crippen LogP contribution in [0.25, 0.3) is 0 Å². The molecule has 1 aromatic carbocycles. The van der Waals surface area contributed by atoms with Gasteiger partial charge in [-0.15, -0.1) is 0 Å². The highest BCUT2D eigenvalue weighted by Crippen LogP contribution is 2.30. The smallest absolute Gasteiger partial charge is 0.399 e. The molecule has 5 heteroatoms. The van der Waals surface area contributed by atoms with Gasteiger partial charge in [0.25, 0.3) is 0 Å². The van der Waals surface area contributed by atoms with Crippen molar-refractivity contribution in [3.05, 3.63) is 35.4 Å². The van der Waals surface area contributed by atoms with E-state index in [2.05, 4.69) is 16.2 Å². The quantitative estimate of drug-likeness (QED) is 0.533. The number of benzene rings is 1. The summed E-state index contributed by atoms with van der Waals surface area (Å²) in [7, 11) is 1.24. The Morgan fingerprint density at radius 3 is 2.50 bits per heavy atom. The number of alkyl halides is 3. The highest BCUT2D eigenvalue weighted by atomic mass is 19.4. The van der Waals surface area contributed by atoms with Crippen molar-refractivity contribution in [3.63, 3.8) is 0 Å². The van der Waals surface area contributed by atoms with Gasteiger partial charge in [-0.1, -0.05) is 23.4 Å². The van der Waals surface area contributed by atoms with Gasteiger partial charge in [0.1, 0.15) is 13.3 Å². The minimum absolute atomic E-state index is 0.137. The molecule has 0 aliphatic rings. The van der Waals surface area contributed by atoms with E-state index in [9.17, 15) is 13.2 Å². The van der Waals surface area contributed by atoms with Gasteiger partial charge in [0.15, 0.2) is 0 Å². The second-order valence-corrected chi connectivity index (χ2v) is 2.43. The van der Waals surface area contributed by atoms with Crippen molar-refractivity contribution in [1.82, 2.24) is 0 Å². The molecule has 0 fully saturated rings. The molecule has 0 amide bonds. The lowest BCUT2D eigenvalue weighted by molar-refractivity contribution is -0.137. The molecule has 0 aromatic heterocycles. The van der Waals surface area contributed by atoms with Gasteiger partial charge in [0, 0.05) is 5.56 Å². The fraction of sp³-hybridized carbons (Fsp3) is 0.222. The van der Waals surface area contributed by atoms with E-state index < -0.39 is 11.7 Å². The molecule has 14 heavy (non-hydrogen) atoms. The molecule has 0 saturated carbocycles. The van der Waals surface area contributed by atoms with Crippen LogP contribution in [0, 0.1) is 0 Å². The fourth-order valence-electron chi connectivity index (χ4n) is 0.923. The Balaban J connectivity index is 3.10. The molecule has 0 atom stereocenters. The first-order valence-electron chi connectivity index (χ1n) is 3.71. The third-order valence-electron chi connectivity index (χ3n) is 1.49. The van der Waals surface area contributed by atoms with Crippen LogP contribution >= 0.6 is 0 Å². The summed E-state index contributed by atoms with van der Waals surface area (Å²) in [5.41, 5.74) is -0.914. The van der Waals surface area contributed by atoms with E-state index >= 15 is 0 Å². The standard InChI is InChI=1S/C9H7F3NO/c1-14-13-6-7-4-2-3-5-8(7)9(10,11)12/h2-5H,1H3. The molecule has 0 bridgehead atoms. The Kier molecular flexibility index (Phi) is 3.11. The first kappa shape index (κ1) is 10.6. The fourth-order valence-corrected chi connectivity index (χ4v) is 0.923. The molecular formula is C9H7F3NO. The van der Waals surface area contributed by atoms with Gasteiger partial charge >= 0.3 is 6.18 Å². The zero-order chi connectivity index (χ0) is 10.6. The number of rotatable bonds is 2. The van der Waals surface area contributed by atoms with E-state index in [1.807, 2.05) is 0 Å². The molecule has 1 radical (unpaired) electrons. The molecule has 0 aliphatic heterocycles. The Hall–Kier alpha value is -1.52. The Morgan fingerprint density at radius 2 is 1.93 bits per heavy atom. The molecular weight excluding hydrogens is 195 g/mol. The minimum atomic E-state index is -4.40. The molecule has 0 saturated heterocycles. The van der Waals surface area contributed by atoms with Crippen LogP contribution in [-0.4, -0.2) is 13.3 Å². The van der Waals surface area contributed by atoms with Crippen molar-refractivity contribution in [2.24, 2.45) is 5.16 Å². The summed E-state index contributed by atoms with van der Waals surface area (Å²) < 4.78 is 37.1. The summed E-state index contributed by atoms with van der Waals surface area (Å²) in [6.45, 7) is 0. The van der Waals surface area contributed by atoms with E-state index in [-0.39, 0.29) is 5.56 Å². The zero-order valence-electron chi connectivity index (χ0n) is 7.30. The second-order valence-electron chi connectivity index (χ2n) is 2.43. The van der Waals surface area contributed by atoms with Crippen LogP contribution < -0.4 is 0 Å². The predicted molar refractivity (Wildman–Crippen MR) is 45.0 cm³/mol. The lowest BCUT2D eigenvalue weighted by atomic mass is 10.1. The van der Waals surface area contributed by atoms with Crippen molar-refractivity contribution >= 4 is 6.21 Å². The molecule has 0 aliphatic carbocycles. The van der Waals surface area contributed by atoms with Crippen LogP contribution in [0.3, 0.4) is 0 Å². The molecule has 0 heterocycles. The van der Waals surface area contributed by atoms with Crippen molar-refractivity contribution < 1.29 is 18.0 Å². The third kappa shape index (κ3) is 2.48. The van der Waals surface area contributed by atoms with E-state index in [0.29, 0.717) is 0 Å². The lowest BCUT2D eigenvalue weighted by Crippen LogP contribution is -2.08. The monoisotopic (exact) mass is 202 g/mol. The Morgan fingerprint density at radius 1 is 1.29 bits per heavy atom. The summed E-state index contributed by atoms with van der Waals surface area (Å²) in [6, 6.07) is 5.02. The van der Waals surface area contributed by atoms with Crippen molar-refractivity contribution in [2.45, 2.75) is 6.18 Å². The highest BCUT2D eigenvalue weighted by Gasteiger charge is 2.32. The van der Waals surface area contributed by atoms with E-state index in [1.165, 1.54) is 25.3 Å². The Bertz CT molecular complexity index is 333. The lowest BCUT2D eigenvalue weighted by Gasteiger charge is -2.08. The van der Waals surface area contributed by atoms with Crippen LogP contribution in [0.2, 0.25) is 0 Å². The Labute approximate surface area is 79.0 Å². The maximum atomic E-state index is 12.4. The van der Waals surface area contributed by atoms with Gasteiger partial charge in [-0.25, -0.2) is 0 Å². The normalized spacial score (nSPS) is 12.0. The molecule has 0 spiro atoms. The summed E-state index contributed by atoms with van der Waals surface area (Å²) in [5.74, 6) is 0. The van der Waals surface area contributed by atoms with E-state index in [4.69, 9.17) is 0 Å². The molecule has 2 nitrogen and oxygen atoms in total. The maximum absolute atomic E-state index is 12.4. The molecule has 0 unspecified atom stereocenters. The summed E-state index contributed by atoms with van der Waals surface area (Å²) >= 11 is 0. The summed E-state index contributed by atoms with van der Waals surface area (Å²) in [6.07, 6.45) is -2.24. The topological polar surface area (TPSA) is 21.6 Å². The average molecular weight is 202 g/mol. The number of nitrogens with zero attached hydrogens (tertiary/aromatic N) is 1. The van der Waals surface area contributed by atoms with Crippen molar-refractivity contribution in [3.8, 4) is 0 Å². The van der Waals surface area contributed by atoms with Crippen molar-refractivity contribution in [1.29, 1.82) is 0 Å². The van der Waals surface area contributed by atoms with Crippen LogP contribution in [0.5, 0.6) is 0 Å². The SMILES string of the molecule is CO/N=[C]\c1ccccc1C(F)(F)F. The third-order valence-corrected chi connectivity index (χ3v) is 1.49. The summed E-state index contributed by atoms with van der Waals surface area (Å²) in [4.78, 5) is 4.26. The van der Waals surface area contributed by atoms with Gasteiger partial charge in [-0.05, 0) is 6.07 Å². The second kappa shape index (κ2) is 4.13. The number of halogens is 3. The zero-order valence-corrected chi connectivity index (χ0v) is 7.30. The van der Waals surface area contributed by atoms with Gasteiger partial charge < -0.3 is 4.84 Å². The van der Waals surface area contributed by atoms with Crippen LogP contribution in [-0.2, 0) is 11.0 Å². The highest BCUT2D eigenvalue weighted by molar-refractivity contribution is 5.81. The molecule has 1 rings (SSSR count). The molecule has 1 aromatic rings. The van der Waals surface area contributed by atoms with Crippen LogP contribution in [0.15, 0.2) is 29.4 Å². The average Bonchev–Trinajstić information content (AvgIpc) is 2.14. The number of hydrogen-bond donors (Lipinski definition) is 0. The molecule has 0 N–H and O–H groups in total. The van der Waals surface area contributed by atoms with Gasteiger partial charge in [-0.3, -0.25) is 0 Å². The number of hydrogen-bond acceptors (Lipinski definition) is 2. The van der Waals surface area contributed by atoms with E-state index in [1.54, 1.807) is 0 Å². The minimum Gasteiger partial charge on any atom is -0.399 e. The maximum Gasteiger partial charge on any atom is 0.417 e.